The molecule has 7 nitrogen and oxygen atoms in total. The monoisotopic (exact) mass is 354 g/mol. The average molecular weight is 354 g/mol. The molecule has 1 heterocycles. The first kappa shape index (κ1) is 17.8. The van der Waals surface area contributed by atoms with Crippen molar-refractivity contribution in [3.05, 3.63) is 62.7 Å². The van der Waals surface area contributed by atoms with Gasteiger partial charge in [-0.05, 0) is 43.7 Å². The summed E-state index contributed by atoms with van der Waals surface area (Å²) in [5, 5.41) is 0. The smallest absolute Gasteiger partial charge is 0.314 e. The van der Waals surface area contributed by atoms with E-state index in [9.17, 15) is 9.59 Å². The standard InChI is InChI=1S/C19H22N4O3/c1-3-23(2)16-10-14-15(22-19(25)18(24)21-14)11-17(16)26-13-6-4-12(5-7-13)8-9-20/h4-7,10-11H,3,8-9,20H2,1-2H3,(H,21,24)(H,22,25). The Morgan fingerprint density at radius 3 is 2.23 bits per heavy atom. The van der Waals surface area contributed by atoms with Gasteiger partial charge in [0.2, 0.25) is 0 Å². The van der Waals surface area contributed by atoms with Crippen molar-refractivity contribution >= 4 is 16.7 Å². The van der Waals surface area contributed by atoms with E-state index in [0.29, 0.717) is 29.1 Å². The highest BCUT2D eigenvalue weighted by Crippen LogP contribution is 2.34. The summed E-state index contributed by atoms with van der Waals surface area (Å²) < 4.78 is 6.06. The van der Waals surface area contributed by atoms with E-state index in [0.717, 1.165) is 24.2 Å². The molecule has 0 aliphatic heterocycles. The molecule has 0 amide bonds. The second-order valence-electron chi connectivity index (χ2n) is 6.07. The molecule has 0 saturated carbocycles. The molecule has 0 aliphatic rings. The van der Waals surface area contributed by atoms with Crippen LogP contribution in [0.25, 0.3) is 11.0 Å². The Morgan fingerprint density at radius 1 is 1.04 bits per heavy atom. The molecule has 0 unspecified atom stereocenters. The van der Waals surface area contributed by atoms with Crippen LogP contribution in [0.3, 0.4) is 0 Å². The van der Waals surface area contributed by atoms with Crippen LogP contribution in [0.5, 0.6) is 11.5 Å². The number of benzene rings is 2. The van der Waals surface area contributed by atoms with E-state index in [1.54, 1.807) is 12.1 Å². The van der Waals surface area contributed by atoms with E-state index in [1.807, 2.05) is 43.1 Å². The van der Waals surface area contributed by atoms with E-state index >= 15 is 0 Å². The number of anilines is 1. The number of nitrogens with zero attached hydrogens (tertiary/aromatic N) is 1. The van der Waals surface area contributed by atoms with Crippen LogP contribution in [-0.2, 0) is 6.42 Å². The fraction of sp³-hybridized carbons (Fsp3) is 0.263. The zero-order chi connectivity index (χ0) is 18.7. The summed E-state index contributed by atoms with van der Waals surface area (Å²) in [7, 11) is 1.93. The van der Waals surface area contributed by atoms with Gasteiger partial charge in [-0.2, -0.15) is 0 Å². The number of ether oxygens (including phenoxy) is 1. The summed E-state index contributed by atoms with van der Waals surface area (Å²) in [6.45, 7) is 3.37. The van der Waals surface area contributed by atoms with Crippen molar-refractivity contribution in [2.24, 2.45) is 5.73 Å². The van der Waals surface area contributed by atoms with Gasteiger partial charge in [0.1, 0.15) is 5.75 Å². The number of rotatable bonds is 6. The first-order valence-corrected chi connectivity index (χ1v) is 8.50. The minimum atomic E-state index is -0.689. The third-order valence-electron chi connectivity index (χ3n) is 4.27. The highest BCUT2D eigenvalue weighted by Gasteiger charge is 2.12. The van der Waals surface area contributed by atoms with Crippen molar-refractivity contribution < 1.29 is 4.74 Å². The first-order chi connectivity index (χ1) is 12.5. The normalized spacial score (nSPS) is 10.9. The molecule has 3 aromatic rings. The summed E-state index contributed by atoms with van der Waals surface area (Å²) in [6.07, 6.45) is 0.814. The lowest BCUT2D eigenvalue weighted by molar-refractivity contribution is 0.482. The Hall–Kier alpha value is -3.06. The van der Waals surface area contributed by atoms with Crippen molar-refractivity contribution in [2.45, 2.75) is 13.3 Å². The quantitative estimate of drug-likeness (QED) is 0.587. The maximum atomic E-state index is 11.6. The van der Waals surface area contributed by atoms with Crippen LogP contribution in [0.1, 0.15) is 12.5 Å². The summed E-state index contributed by atoms with van der Waals surface area (Å²) >= 11 is 0. The lowest BCUT2D eigenvalue weighted by Gasteiger charge is -2.21. The van der Waals surface area contributed by atoms with E-state index in [2.05, 4.69) is 9.97 Å². The van der Waals surface area contributed by atoms with Gasteiger partial charge in [-0.3, -0.25) is 9.59 Å². The van der Waals surface area contributed by atoms with E-state index in [4.69, 9.17) is 10.5 Å². The Labute approximate surface area is 150 Å². The fourth-order valence-electron chi connectivity index (χ4n) is 2.70. The number of fused-ring (bicyclic) bond motifs is 1. The SMILES string of the molecule is CCN(C)c1cc2[nH]c(=O)c(=O)[nH]c2cc1Oc1ccc(CCN)cc1. The van der Waals surface area contributed by atoms with Gasteiger partial charge >= 0.3 is 11.1 Å². The predicted octanol–water partition coefficient (Wildman–Crippen LogP) is 1.97. The molecule has 0 bridgehead atoms. The number of nitrogens with one attached hydrogen (secondary N) is 2. The molecular weight excluding hydrogens is 332 g/mol. The molecule has 0 aliphatic carbocycles. The molecule has 3 rings (SSSR count). The van der Waals surface area contributed by atoms with Crippen LogP contribution in [0.4, 0.5) is 5.69 Å². The van der Waals surface area contributed by atoms with Gasteiger partial charge in [0.05, 0.1) is 16.7 Å². The molecule has 0 fully saturated rings. The fourth-order valence-corrected chi connectivity index (χ4v) is 2.70. The van der Waals surface area contributed by atoms with Crippen LogP contribution < -0.4 is 26.5 Å². The van der Waals surface area contributed by atoms with Crippen molar-refractivity contribution in [1.82, 2.24) is 9.97 Å². The van der Waals surface area contributed by atoms with Crippen LogP contribution in [0.2, 0.25) is 0 Å². The van der Waals surface area contributed by atoms with Crippen molar-refractivity contribution in [1.29, 1.82) is 0 Å². The minimum Gasteiger partial charge on any atom is -0.455 e. The van der Waals surface area contributed by atoms with Gasteiger partial charge in [-0.1, -0.05) is 12.1 Å². The Kier molecular flexibility index (Phi) is 5.09. The molecule has 0 saturated heterocycles. The second-order valence-corrected chi connectivity index (χ2v) is 6.07. The molecule has 0 atom stereocenters. The van der Waals surface area contributed by atoms with Crippen LogP contribution in [0, 0.1) is 0 Å². The Balaban J connectivity index is 2.05. The Morgan fingerprint density at radius 2 is 1.65 bits per heavy atom. The van der Waals surface area contributed by atoms with Gasteiger partial charge < -0.3 is 25.3 Å². The number of H-pyrrole nitrogens is 2. The van der Waals surface area contributed by atoms with E-state index in [1.165, 1.54) is 0 Å². The van der Waals surface area contributed by atoms with Crippen LogP contribution in [0.15, 0.2) is 46.0 Å². The molecule has 2 aromatic carbocycles. The Bertz CT molecular complexity index is 1020. The minimum absolute atomic E-state index is 0.512. The van der Waals surface area contributed by atoms with Gasteiger partial charge in [-0.15, -0.1) is 0 Å². The highest BCUT2D eigenvalue weighted by atomic mass is 16.5. The van der Waals surface area contributed by atoms with E-state index in [-0.39, 0.29) is 0 Å². The number of hydrogen-bond donors (Lipinski definition) is 3. The second kappa shape index (κ2) is 7.45. The van der Waals surface area contributed by atoms with Crippen molar-refractivity contribution in [3.63, 3.8) is 0 Å². The zero-order valence-electron chi connectivity index (χ0n) is 14.8. The highest BCUT2D eigenvalue weighted by molar-refractivity contribution is 5.83. The maximum absolute atomic E-state index is 11.6. The van der Waals surface area contributed by atoms with Gasteiger partial charge in [0.15, 0.2) is 5.75 Å². The molecule has 1 aromatic heterocycles. The van der Waals surface area contributed by atoms with E-state index < -0.39 is 11.1 Å². The summed E-state index contributed by atoms with van der Waals surface area (Å²) in [5.74, 6) is 1.28. The number of hydrogen-bond acceptors (Lipinski definition) is 5. The number of nitrogens with two attached hydrogens (primary N) is 1. The first-order valence-electron chi connectivity index (χ1n) is 8.50. The molecule has 136 valence electrons. The van der Waals surface area contributed by atoms with Gasteiger partial charge in [0, 0.05) is 19.7 Å². The molecule has 7 heteroatoms. The molecule has 4 N–H and O–H groups in total. The predicted molar refractivity (Wildman–Crippen MR) is 103 cm³/mol. The molecular formula is C19H22N4O3. The number of aromatic nitrogens is 2. The third-order valence-corrected chi connectivity index (χ3v) is 4.27. The average Bonchev–Trinajstić information content (AvgIpc) is 2.64. The molecule has 0 spiro atoms. The topological polar surface area (TPSA) is 104 Å². The van der Waals surface area contributed by atoms with Crippen LogP contribution in [-0.4, -0.2) is 30.1 Å². The lowest BCUT2D eigenvalue weighted by Crippen LogP contribution is -2.29. The largest absolute Gasteiger partial charge is 0.455 e. The van der Waals surface area contributed by atoms with Gasteiger partial charge in [-0.25, -0.2) is 0 Å². The third kappa shape index (κ3) is 3.62. The maximum Gasteiger partial charge on any atom is 0.314 e. The lowest BCUT2D eigenvalue weighted by atomic mass is 10.1. The number of aromatic amines is 2. The van der Waals surface area contributed by atoms with Crippen molar-refractivity contribution in [3.8, 4) is 11.5 Å². The summed E-state index contributed by atoms with van der Waals surface area (Å²) in [6, 6.07) is 11.3. The van der Waals surface area contributed by atoms with Crippen molar-refractivity contribution in [2.75, 3.05) is 25.0 Å². The summed E-state index contributed by atoms with van der Waals surface area (Å²) in [5.41, 5.74) is 7.23. The van der Waals surface area contributed by atoms with Gasteiger partial charge in [0.25, 0.3) is 0 Å². The van der Waals surface area contributed by atoms with Crippen LogP contribution >= 0.6 is 0 Å². The molecule has 26 heavy (non-hydrogen) atoms. The summed E-state index contributed by atoms with van der Waals surface area (Å²) in [4.78, 5) is 30.4. The zero-order valence-corrected chi connectivity index (χ0v) is 14.8. The molecule has 0 radical (unpaired) electrons.